The maximum Gasteiger partial charge on any atom is 0.244 e. The topological polar surface area (TPSA) is 74.1 Å². The van der Waals surface area contributed by atoms with Gasteiger partial charge in [0, 0.05) is 18.5 Å². The molecule has 0 radical (unpaired) electrons. The molecule has 1 aliphatic heterocycles. The maximum absolute atomic E-state index is 12.2. The second-order valence-corrected chi connectivity index (χ2v) is 6.58. The van der Waals surface area contributed by atoms with Gasteiger partial charge in [0.25, 0.3) is 0 Å². The van der Waals surface area contributed by atoms with Gasteiger partial charge in [-0.1, -0.05) is 11.6 Å². The molecule has 0 saturated heterocycles. The second-order valence-electron chi connectivity index (χ2n) is 6.14. The van der Waals surface area contributed by atoms with E-state index < -0.39 is 0 Å². The molecule has 0 saturated carbocycles. The number of fused-ring (bicyclic) bond motifs is 2. The van der Waals surface area contributed by atoms with Crippen molar-refractivity contribution in [3.05, 3.63) is 59.0 Å². The molecule has 1 aromatic carbocycles. The van der Waals surface area contributed by atoms with Crippen molar-refractivity contribution in [2.45, 2.75) is 6.54 Å². The first kappa shape index (κ1) is 18.2. The first-order valence-electron chi connectivity index (χ1n) is 8.69. The van der Waals surface area contributed by atoms with Gasteiger partial charge in [-0.05, 0) is 35.9 Å². The van der Waals surface area contributed by atoms with Crippen molar-refractivity contribution < 1.29 is 19.0 Å². The Morgan fingerprint density at radius 1 is 1.32 bits per heavy atom. The minimum absolute atomic E-state index is 0.232. The van der Waals surface area contributed by atoms with Crippen LogP contribution in [0.5, 0.6) is 17.2 Å². The number of hydrogen-bond donors (Lipinski definition) is 1. The number of amides is 1. The van der Waals surface area contributed by atoms with E-state index in [4.69, 9.17) is 25.8 Å². The molecule has 0 spiro atoms. The third-order valence-corrected chi connectivity index (χ3v) is 4.41. The van der Waals surface area contributed by atoms with Gasteiger partial charge in [-0.15, -0.1) is 0 Å². The fourth-order valence-corrected chi connectivity index (χ4v) is 3.07. The molecule has 0 bridgehead atoms. The molecule has 3 aromatic rings. The van der Waals surface area contributed by atoms with Crippen LogP contribution >= 0.6 is 11.6 Å². The van der Waals surface area contributed by atoms with Gasteiger partial charge < -0.3 is 23.9 Å². The average Bonchev–Trinajstić information content (AvgIpc) is 3.12. The van der Waals surface area contributed by atoms with Gasteiger partial charge in [0.15, 0.2) is 11.5 Å². The Labute approximate surface area is 166 Å². The monoisotopic (exact) mass is 399 g/mol. The predicted molar refractivity (Wildman–Crippen MR) is 105 cm³/mol. The third kappa shape index (κ3) is 3.89. The van der Waals surface area contributed by atoms with Crippen LogP contribution in [0, 0.1) is 0 Å². The molecule has 0 unspecified atom stereocenters. The van der Waals surface area contributed by atoms with E-state index >= 15 is 0 Å². The van der Waals surface area contributed by atoms with Crippen molar-refractivity contribution in [3.63, 3.8) is 0 Å². The number of aromatic nitrogens is 2. The highest BCUT2D eigenvalue weighted by atomic mass is 35.5. The summed E-state index contributed by atoms with van der Waals surface area (Å²) in [5, 5.41) is 3.44. The van der Waals surface area contributed by atoms with Gasteiger partial charge in [0.1, 0.15) is 18.9 Å². The van der Waals surface area contributed by atoms with E-state index in [-0.39, 0.29) is 5.91 Å². The second kappa shape index (κ2) is 7.82. The van der Waals surface area contributed by atoms with E-state index in [0.29, 0.717) is 42.0 Å². The Morgan fingerprint density at radius 2 is 2.18 bits per heavy atom. The zero-order chi connectivity index (χ0) is 19.5. The number of nitrogens with zero attached hydrogens (tertiary/aromatic N) is 2. The highest BCUT2D eigenvalue weighted by Gasteiger charge is 2.17. The summed E-state index contributed by atoms with van der Waals surface area (Å²) in [7, 11) is 1.57. The fourth-order valence-electron chi connectivity index (χ4n) is 2.90. The van der Waals surface area contributed by atoms with Crippen LogP contribution in [-0.2, 0) is 11.3 Å². The molecule has 1 aliphatic rings. The van der Waals surface area contributed by atoms with Crippen molar-refractivity contribution in [1.29, 1.82) is 0 Å². The molecule has 1 N–H and O–H groups in total. The summed E-state index contributed by atoms with van der Waals surface area (Å²) in [5.41, 5.74) is 2.29. The first-order chi connectivity index (χ1) is 13.6. The molecular formula is C20H18ClN3O4. The van der Waals surface area contributed by atoms with Crippen LogP contribution in [0.15, 0.2) is 42.7 Å². The van der Waals surface area contributed by atoms with Gasteiger partial charge in [0.2, 0.25) is 11.7 Å². The lowest BCUT2D eigenvalue weighted by molar-refractivity contribution is -0.116. The predicted octanol–water partition coefficient (Wildman–Crippen LogP) is 3.10. The molecule has 8 heteroatoms. The van der Waals surface area contributed by atoms with Crippen molar-refractivity contribution in [3.8, 4) is 17.2 Å². The summed E-state index contributed by atoms with van der Waals surface area (Å²) >= 11 is 5.97. The number of halogens is 1. The van der Waals surface area contributed by atoms with Crippen LogP contribution in [0.25, 0.3) is 11.7 Å². The van der Waals surface area contributed by atoms with Crippen LogP contribution in [0.2, 0.25) is 5.02 Å². The number of hydrogen-bond acceptors (Lipinski definition) is 5. The van der Waals surface area contributed by atoms with E-state index in [9.17, 15) is 4.79 Å². The molecule has 2 aromatic heterocycles. The van der Waals surface area contributed by atoms with E-state index in [1.165, 1.54) is 6.08 Å². The van der Waals surface area contributed by atoms with Crippen LogP contribution in [-0.4, -0.2) is 35.6 Å². The van der Waals surface area contributed by atoms with Gasteiger partial charge in [-0.2, -0.15) is 0 Å². The number of carbonyl (C=O) groups excluding carboxylic acids is 1. The van der Waals surface area contributed by atoms with Gasteiger partial charge in [-0.25, -0.2) is 4.98 Å². The molecule has 3 heterocycles. The highest BCUT2D eigenvalue weighted by molar-refractivity contribution is 6.30. The molecule has 1 amide bonds. The number of ether oxygens (including phenoxy) is 3. The summed E-state index contributed by atoms with van der Waals surface area (Å²) in [6.45, 7) is 1.27. The molecule has 7 nitrogen and oxygen atoms in total. The minimum Gasteiger partial charge on any atom is -0.493 e. The number of methoxy groups -OCH3 is 1. The van der Waals surface area contributed by atoms with E-state index in [0.717, 1.165) is 16.9 Å². The fraction of sp³-hybridized carbons (Fsp3) is 0.200. The summed E-state index contributed by atoms with van der Waals surface area (Å²) in [5.74, 6) is 1.53. The molecule has 4 rings (SSSR count). The number of carbonyl (C=O) groups is 1. The average molecular weight is 400 g/mol. The number of benzene rings is 1. The van der Waals surface area contributed by atoms with Crippen LogP contribution in [0.4, 0.5) is 0 Å². The standard InChI is InChI=1S/C20H18ClN3O4/c1-26-16-8-13(9-17-20(16)28-7-6-27-17)2-5-19(25)22-10-15-12-24-11-14(21)3-4-18(24)23-15/h2-5,8-9,11-12H,6-7,10H2,1H3,(H,22,25)/b5-2+. The zero-order valence-electron chi connectivity index (χ0n) is 15.1. The summed E-state index contributed by atoms with van der Waals surface area (Å²) in [6.07, 6.45) is 6.75. The molecule has 0 aliphatic carbocycles. The van der Waals surface area contributed by atoms with Crippen LogP contribution < -0.4 is 19.5 Å². The Hall–Kier alpha value is -3.19. The summed E-state index contributed by atoms with van der Waals surface area (Å²) in [4.78, 5) is 16.6. The summed E-state index contributed by atoms with van der Waals surface area (Å²) < 4.78 is 18.3. The quantitative estimate of drug-likeness (QED) is 0.667. The number of imidazole rings is 1. The zero-order valence-corrected chi connectivity index (χ0v) is 15.9. The van der Waals surface area contributed by atoms with Gasteiger partial charge >= 0.3 is 0 Å². The van der Waals surface area contributed by atoms with Gasteiger partial charge in [0.05, 0.1) is 24.4 Å². The van der Waals surface area contributed by atoms with Crippen molar-refractivity contribution in [1.82, 2.24) is 14.7 Å². The smallest absolute Gasteiger partial charge is 0.244 e. The SMILES string of the molecule is COc1cc(/C=C/C(=O)NCc2cn3cc(Cl)ccc3n2)cc2c1OCCO2. The van der Waals surface area contributed by atoms with Crippen molar-refractivity contribution in [2.75, 3.05) is 20.3 Å². The van der Waals surface area contributed by atoms with E-state index in [2.05, 4.69) is 10.3 Å². The number of rotatable bonds is 5. The van der Waals surface area contributed by atoms with Crippen molar-refractivity contribution >= 4 is 29.2 Å². The van der Waals surface area contributed by atoms with Crippen LogP contribution in [0.1, 0.15) is 11.3 Å². The lowest BCUT2D eigenvalue weighted by Gasteiger charge is -2.20. The van der Waals surface area contributed by atoms with Crippen LogP contribution in [0.3, 0.4) is 0 Å². The third-order valence-electron chi connectivity index (χ3n) is 4.19. The first-order valence-corrected chi connectivity index (χ1v) is 9.07. The lowest BCUT2D eigenvalue weighted by Crippen LogP contribution is -2.20. The Bertz CT molecular complexity index is 1040. The van der Waals surface area contributed by atoms with Crippen molar-refractivity contribution in [2.24, 2.45) is 0 Å². The van der Waals surface area contributed by atoms with E-state index in [1.54, 1.807) is 31.5 Å². The summed E-state index contributed by atoms with van der Waals surface area (Å²) in [6, 6.07) is 7.20. The largest absolute Gasteiger partial charge is 0.493 e. The maximum atomic E-state index is 12.2. The molecule has 28 heavy (non-hydrogen) atoms. The minimum atomic E-state index is -0.232. The number of pyridine rings is 1. The number of nitrogens with one attached hydrogen (secondary N) is 1. The Balaban J connectivity index is 1.42. The van der Waals surface area contributed by atoms with E-state index in [1.807, 2.05) is 22.7 Å². The Morgan fingerprint density at radius 3 is 3.04 bits per heavy atom. The Kier molecular flexibility index (Phi) is 5.08. The highest BCUT2D eigenvalue weighted by Crippen LogP contribution is 2.40. The lowest BCUT2D eigenvalue weighted by atomic mass is 10.1. The molecule has 0 atom stereocenters. The van der Waals surface area contributed by atoms with Gasteiger partial charge in [-0.3, -0.25) is 4.79 Å². The molecular weight excluding hydrogens is 382 g/mol. The molecule has 0 fully saturated rings. The normalized spacial score (nSPS) is 13.1. The molecule has 144 valence electrons.